The van der Waals surface area contributed by atoms with E-state index in [-0.39, 0.29) is 12.4 Å². The number of carbonyl (C=O) groups excluding carboxylic acids is 1. The van der Waals surface area contributed by atoms with Crippen LogP contribution in [0.5, 0.6) is 0 Å². The fraction of sp³-hybridized carbons (Fsp3) is 0.381. The monoisotopic (exact) mass is 401 g/mol. The van der Waals surface area contributed by atoms with Crippen LogP contribution in [-0.2, 0) is 33.7 Å². The molecule has 3 aromatic rings. The van der Waals surface area contributed by atoms with Gasteiger partial charge in [0.1, 0.15) is 0 Å². The van der Waals surface area contributed by atoms with Crippen molar-refractivity contribution in [2.45, 2.75) is 39.7 Å². The number of aryl methyl sites for hydroxylation is 1. The number of fused-ring (bicyclic) bond motifs is 1. The first-order valence-corrected chi connectivity index (χ1v) is 9.74. The number of esters is 1. The van der Waals surface area contributed by atoms with Crippen LogP contribution >= 0.6 is 11.6 Å². The third-order valence-corrected chi connectivity index (χ3v) is 4.79. The normalized spacial score (nSPS) is 11.1. The van der Waals surface area contributed by atoms with E-state index < -0.39 is 0 Å². The van der Waals surface area contributed by atoms with Gasteiger partial charge >= 0.3 is 5.97 Å². The minimum Gasteiger partial charge on any atom is -0.466 e. The Kier molecular flexibility index (Phi) is 6.65. The van der Waals surface area contributed by atoms with Gasteiger partial charge in [-0.1, -0.05) is 18.5 Å². The number of methoxy groups -OCH3 is 1. The van der Waals surface area contributed by atoms with E-state index >= 15 is 0 Å². The minimum absolute atomic E-state index is 0.231. The number of carbonyl (C=O) groups is 1. The van der Waals surface area contributed by atoms with Gasteiger partial charge in [0.2, 0.25) is 0 Å². The van der Waals surface area contributed by atoms with Crippen molar-refractivity contribution in [1.29, 1.82) is 0 Å². The predicted molar refractivity (Wildman–Crippen MR) is 108 cm³/mol. The molecule has 0 saturated carbocycles. The summed E-state index contributed by atoms with van der Waals surface area (Å²) in [6.07, 6.45) is 5.00. The Morgan fingerprint density at radius 2 is 2.07 bits per heavy atom. The Morgan fingerprint density at radius 3 is 2.75 bits per heavy atom. The largest absolute Gasteiger partial charge is 0.466 e. The maximum absolute atomic E-state index is 12.0. The zero-order chi connectivity index (χ0) is 20.1. The van der Waals surface area contributed by atoms with Crippen LogP contribution in [-0.4, -0.2) is 34.3 Å². The summed E-state index contributed by atoms with van der Waals surface area (Å²) in [6.45, 7) is 4.60. The lowest BCUT2D eigenvalue weighted by atomic mass is 9.96. The molecule has 0 spiro atoms. The molecule has 3 heterocycles. The molecule has 0 saturated heterocycles. The summed E-state index contributed by atoms with van der Waals surface area (Å²) in [5.41, 5.74) is 5.66. The first-order valence-electron chi connectivity index (χ1n) is 9.36. The summed E-state index contributed by atoms with van der Waals surface area (Å²) in [6, 6.07) is 6.00. The van der Waals surface area contributed by atoms with E-state index in [9.17, 15) is 4.79 Å². The molecule has 0 aliphatic carbocycles. The van der Waals surface area contributed by atoms with E-state index in [4.69, 9.17) is 26.2 Å². The molecule has 0 fully saturated rings. The molecule has 0 atom stereocenters. The van der Waals surface area contributed by atoms with Crippen molar-refractivity contribution in [3.63, 3.8) is 0 Å². The van der Waals surface area contributed by atoms with E-state index in [2.05, 4.69) is 18.0 Å². The Bertz CT molecular complexity index is 984. The summed E-state index contributed by atoms with van der Waals surface area (Å²) in [5.74, 6) is -0.231. The summed E-state index contributed by atoms with van der Waals surface area (Å²) >= 11 is 6.22. The van der Waals surface area contributed by atoms with Crippen LogP contribution in [0.25, 0.3) is 16.6 Å². The van der Waals surface area contributed by atoms with Gasteiger partial charge in [0.25, 0.3) is 0 Å². The van der Waals surface area contributed by atoms with Crippen LogP contribution in [0.15, 0.2) is 30.6 Å². The number of pyridine rings is 1. The van der Waals surface area contributed by atoms with E-state index in [0.717, 1.165) is 40.0 Å². The number of hydrogen-bond acceptors (Lipinski definition) is 5. The molecule has 0 bridgehead atoms. The molecular formula is C21H24ClN3O3. The molecule has 7 heteroatoms. The van der Waals surface area contributed by atoms with Crippen molar-refractivity contribution >= 4 is 23.1 Å². The van der Waals surface area contributed by atoms with Crippen LogP contribution in [0.4, 0.5) is 0 Å². The van der Waals surface area contributed by atoms with Gasteiger partial charge < -0.3 is 9.47 Å². The standard InChI is InChI=1S/C21H24ClN3O3/c1-4-16-6-8-19-21(14-10-15(22)12-23-11-14)17(7-9-20(26)28-5-2)18(13-27-3)24-25(16)19/h6,8,10-12H,4-5,7,9,13H2,1-3H3. The van der Waals surface area contributed by atoms with Crippen molar-refractivity contribution in [3.8, 4) is 11.1 Å². The van der Waals surface area contributed by atoms with Gasteiger partial charge in [-0.05, 0) is 43.5 Å². The first-order chi connectivity index (χ1) is 13.6. The quantitative estimate of drug-likeness (QED) is 0.528. The second-order valence-corrected chi connectivity index (χ2v) is 6.84. The fourth-order valence-corrected chi connectivity index (χ4v) is 3.55. The molecule has 6 nitrogen and oxygen atoms in total. The van der Waals surface area contributed by atoms with E-state index in [1.807, 2.05) is 16.6 Å². The smallest absolute Gasteiger partial charge is 0.306 e. The van der Waals surface area contributed by atoms with Crippen LogP contribution in [0.1, 0.15) is 37.2 Å². The predicted octanol–water partition coefficient (Wildman–Crippen LogP) is 4.25. The van der Waals surface area contributed by atoms with Crippen molar-refractivity contribution in [1.82, 2.24) is 14.6 Å². The number of rotatable bonds is 8. The Labute approximate surface area is 169 Å². The summed E-state index contributed by atoms with van der Waals surface area (Å²) < 4.78 is 12.5. The molecular weight excluding hydrogens is 378 g/mol. The number of halogens is 1. The van der Waals surface area contributed by atoms with Crippen molar-refractivity contribution in [2.75, 3.05) is 13.7 Å². The van der Waals surface area contributed by atoms with Crippen molar-refractivity contribution < 1.29 is 14.3 Å². The summed E-state index contributed by atoms with van der Waals surface area (Å²) in [5, 5.41) is 5.37. The lowest BCUT2D eigenvalue weighted by Gasteiger charge is -2.17. The molecule has 0 aliphatic heterocycles. The van der Waals surface area contributed by atoms with E-state index in [1.165, 1.54) is 0 Å². The Morgan fingerprint density at radius 1 is 1.25 bits per heavy atom. The molecule has 148 valence electrons. The van der Waals surface area contributed by atoms with E-state index in [1.54, 1.807) is 26.4 Å². The average molecular weight is 402 g/mol. The molecule has 0 amide bonds. The topological polar surface area (TPSA) is 65.7 Å². The van der Waals surface area contributed by atoms with Crippen LogP contribution in [0, 0.1) is 0 Å². The lowest BCUT2D eigenvalue weighted by molar-refractivity contribution is -0.143. The highest BCUT2D eigenvalue weighted by atomic mass is 35.5. The van der Waals surface area contributed by atoms with Gasteiger partial charge in [0, 0.05) is 42.7 Å². The second-order valence-electron chi connectivity index (χ2n) is 6.41. The zero-order valence-corrected chi connectivity index (χ0v) is 17.1. The fourth-order valence-electron chi connectivity index (χ4n) is 3.38. The molecule has 3 rings (SSSR count). The third-order valence-electron chi connectivity index (χ3n) is 4.58. The van der Waals surface area contributed by atoms with E-state index in [0.29, 0.717) is 24.7 Å². The second kappa shape index (κ2) is 9.17. The number of hydrogen-bond donors (Lipinski definition) is 0. The van der Waals surface area contributed by atoms with Gasteiger partial charge in [-0.15, -0.1) is 0 Å². The zero-order valence-electron chi connectivity index (χ0n) is 16.4. The highest BCUT2D eigenvalue weighted by Gasteiger charge is 2.20. The highest BCUT2D eigenvalue weighted by Crippen LogP contribution is 2.33. The van der Waals surface area contributed by atoms with Gasteiger partial charge in [-0.2, -0.15) is 5.10 Å². The minimum atomic E-state index is -0.231. The molecule has 28 heavy (non-hydrogen) atoms. The Balaban J connectivity index is 2.22. The van der Waals surface area contributed by atoms with Crippen LogP contribution < -0.4 is 0 Å². The number of ether oxygens (including phenoxy) is 2. The molecule has 0 N–H and O–H groups in total. The SMILES string of the molecule is CCOC(=O)CCc1c(COC)nn2c(CC)ccc2c1-c1cncc(Cl)c1. The maximum atomic E-state index is 12.0. The molecule has 0 aromatic carbocycles. The van der Waals surface area contributed by atoms with Gasteiger partial charge in [0.05, 0.1) is 29.4 Å². The van der Waals surface area contributed by atoms with Gasteiger partial charge in [-0.25, -0.2) is 4.52 Å². The summed E-state index contributed by atoms with van der Waals surface area (Å²) in [7, 11) is 1.64. The summed E-state index contributed by atoms with van der Waals surface area (Å²) in [4.78, 5) is 16.2. The number of nitrogens with zero attached hydrogens (tertiary/aromatic N) is 3. The number of aromatic nitrogens is 3. The third kappa shape index (κ3) is 4.18. The van der Waals surface area contributed by atoms with Crippen LogP contribution in [0.3, 0.4) is 0 Å². The average Bonchev–Trinajstić information content (AvgIpc) is 3.08. The molecule has 3 aromatic heterocycles. The molecule has 0 radical (unpaired) electrons. The highest BCUT2D eigenvalue weighted by molar-refractivity contribution is 6.30. The first kappa shape index (κ1) is 20.3. The molecule has 0 unspecified atom stereocenters. The van der Waals surface area contributed by atoms with Gasteiger partial charge in [-0.3, -0.25) is 9.78 Å². The Hall–Kier alpha value is -2.44. The van der Waals surface area contributed by atoms with Crippen molar-refractivity contribution in [3.05, 3.63) is 52.6 Å². The van der Waals surface area contributed by atoms with Gasteiger partial charge in [0.15, 0.2) is 0 Å². The van der Waals surface area contributed by atoms with Crippen molar-refractivity contribution in [2.24, 2.45) is 0 Å². The van der Waals surface area contributed by atoms with Crippen LogP contribution in [0.2, 0.25) is 5.02 Å². The maximum Gasteiger partial charge on any atom is 0.306 e. The molecule has 0 aliphatic rings. The lowest BCUT2D eigenvalue weighted by Crippen LogP contribution is -2.12.